The van der Waals surface area contributed by atoms with Gasteiger partial charge in [0.15, 0.2) is 6.29 Å². The second kappa shape index (κ2) is 18.0. The van der Waals surface area contributed by atoms with Crippen LogP contribution in [0.1, 0.15) is 45.4 Å². The van der Waals surface area contributed by atoms with Crippen molar-refractivity contribution in [3.8, 4) is 11.3 Å². The van der Waals surface area contributed by atoms with Crippen molar-refractivity contribution >= 4 is 40.7 Å². The maximum Gasteiger partial charge on any atom is 0.490 e. The highest BCUT2D eigenvalue weighted by Gasteiger charge is 2.42. The van der Waals surface area contributed by atoms with Gasteiger partial charge in [-0.1, -0.05) is 67.1 Å². The number of imidazole rings is 1. The standard InChI is InChI=1S/C30H39ClN3O14P3/c1-4-18-43-49(37,38)47-51(41,42)48-50(39,40)44-20-27(21(2)45-29(35)15-14-23-10-6-5-7-11-23)46-22(3)33-17-16-28-32-26(19-34(28)30(33)36)24-12-8-9-13-25(24)31/h5-13,16-17,19,21-22,27,29,35H,4,14-15,18,20H2,1-3H3,(H,37,38)(H,39,40)(H,41,42)/t21-,22-,27-,29?/m1/s1. The summed E-state index contributed by atoms with van der Waals surface area (Å²) >= 11 is 6.32. The lowest BCUT2D eigenvalue weighted by Gasteiger charge is -2.30. The summed E-state index contributed by atoms with van der Waals surface area (Å²) in [5.41, 5.74) is 1.73. The molecule has 2 aromatic carbocycles. The van der Waals surface area contributed by atoms with Crippen LogP contribution >= 0.6 is 35.1 Å². The molecule has 0 fully saturated rings. The van der Waals surface area contributed by atoms with Crippen LogP contribution in [0.15, 0.2) is 77.9 Å². The van der Waals surface area contributed by atoms with Gasteiger partial charge in [-0.05, 0) is 44.4 Å². The molecule has 0 amide bonds. The van der Waals surface area contributed by atoms with E-state index in [1.54, 1.807) is 37.3 Å². The number of aliphatic hydroxyl groups excluding tert-OH is 1. The van der Waals surface area contributed by atoms with Gasteiger partial charge in [0.25, 0.3) is 0 Å². The summed E-state index contributed by atoms with van der Waals surface area (Å²) in [6.07, 6.45) is -1.08. The van der Waals surface area contributed by atoms with E-state index < -0.39 is 60.5 Å². The van der Waals surface area contributed by atoms with Crippen LogP contribution in [0.5, 0.6) is 0 Å². The first-order valence-electron chi connectivity index (χ1n) is 15.6. The number of hydrogen-bond acceptors (Lipinski definition) is 12. The fraction of sp³-hybridized carbons (Fsp3) is 0.400. The highest BCUT2D eigenvalue weighted by atomic mass is 35.5. The maximum absolute atomic E-state index is 13.5. The van der Waals surface area contributed by atoms with Gasteiger partial charge in [0.05, 0.1) is 30.0 Å². The number of ether oxygens (including phenoxy) is 2. The Morgan fingerprint density at radius 2 is 1.53 bits per heavy atom. The quantitative estimate of drug-likeness (QED) is 0.0608. The molecule has 4 rings (SSSR count). The molecule has 4 unspecified atom stereocenters. The number of hydrogen-bond donors (Lipinski definition) is 4. The van der Waals surface area contributed by atoms with Crippen molar-refractivity contribution < 1.29 is 60.6 Å². The van der Waals surface area contributed by atoms with Crippen LogP contribution in [0.2, 0.25) is 5.02 Å². The van der Waals surface area contributed by atoms with Crippen LogP contribution in [0.3, 0.4) is 0 Å². The molecule has 0 aliphatic carbocycles. The number of nitrogens with zero attached hydrogens (tertiary/aromatic N) is 3. The number of fused-ring (bicyclic) bond motifs is 1. The van der Waals surface area contributed by atoms with Gasteiger partial charge in [-0.2, -0.15) is 8.62 Å². The van der Waals surface area contributed by atoms with E-state index in [1.165, 1.54) is 35.2 Å². The summed E-state index contributed by atoms with van der Waals surface area (Å²) in [4.78, 5) is 47.8. The summed E-state index contributed by atoms with van der Waals surface area (Å²) in [7, 11) is -16.4. The van der Waals surface area contributed by atoms with Crippen LogP contribution in [-0.4, -0.2) is 65.5 Å². The molecule has 0 bridgehead atoms. The van der Waals surface area contributed by atoms with Crippen molar-refractivity contribution in [3.63, 3.8) is 0 Å². The number of rotatable bonds is 20. The molecule has 17 nitrogen and oxygen atoms in total. The van der Waals surface area contributed by atoms with E-state index in [2.05, 4.69) is 18.1 Å². The SMILES string of the molecule is CCCOP(=O)(O)OP(=O)(O)OP(=O)(O)OC[C@@H](O[C@H](C)n1ccc2nc(-c3ccccc3Cl)cn2c1=O)[C@@H](C)OC(O)CCc1ccccc1. The lowest BCUT2D eigenvalue weighted by Crippen LogP contribution is -2.39. The molecule has 51 heavy (non-hydrogen) atoms. The predicted octanol–water partition coefficient (Wildman–Crippen LogP) is 5.85. The average Bonchev–Trinajstić information content (AvgIpc) is 3.49. The lowest BCUT2D eigenvalue weighted by molar-refractivity contribution is -0.192. The average molecular weight is 794 g/mol. The first-order valence-corrected chi connectivity index (χ1v) is 20.4. The van der Waals surface area contributed by atoms with Crippen LogP contribution in [0.4, 0.5) is 0 Å². The highest BCUT2D eigenvalue weighted by molar-refractivity contribution is 7.66. The zero-order valence-electron chi connectivity index (χ0n) is 27.7. The topological polar surface area (TPSA) is 227 Å². The molecular weight excluding hydrogens is 755 g/mol. The minimum atomic E-state index is -5.70. The van der Waals surface area contributed by atoms with Gasteiger partial charge in [0.1, 0.15) is 18.0 Å². The van der Waals surface area contributed by atoms with Crippen molar-refractivity contribution in [2.45, 2.75) is 64.8 Å². The van der Waals surface area contributed by atoms with E-state index in [1.807, 2.05) is 30.3 Å². The largest absolute Gasteiger partial charge is 0.490 e. The number of benzene rings is 2. The normalized spacial score (nSPS) is 18.0. The summed E-state index contributed by atoms with van der Waals surface area (Å²) in [5, 5.41) is 11.1. The predicted molar refractivity (Wildman–Crippen MR) is 185 cm³/mol. The zero-order valence-corrected chi connectivity index (χ0v) is 31.1. The fourth-order valence-electron chi connectivity index (χ4n) is 4.72. The van der Waals surface area contributed by atoms with Crippen LogP contribution in [-0.2, 0) is 47.3 Å². The minimum Gasteiger partial charge on any atom is -0.368 e. The van der Waals surface area contributed by atoms with Crippen LogP contribution in [0, 0.1) is 0 Å². The highest BCUT2D eigenvalue weighted by Crippen LogP contribution is 2.67. The minimum absolute atomic E-state index is 0.163. The molecular formula is C30H39ClN3O14P3. The van der Waals surface area contributed by atoms with E-state index in [9.17, 15) is 38.3 Å². The molecule has 0 radical (unpaired) electrons. The Balaban J connectivity index is 1.52. The molecule has 2 aromatic heterocycles. The van der Waals surface area contributed by atoms with Crippen molar-refractivity contribution in [2.24, 2.45) is 0 Å². The molecule has 2 heterocycles. The van der Waals surface area contributed by atoms with Crippen LogP contribution < -0.4 is 5.69 Å². The Hall–Kier alpha value is -2.56. The zero-order chi connectivity index (χ0) is 37.4. The van der Waals surface area contributed by atoms with Gasteiger partial charge in [-0.3, -0.25) is 18.0 Å². The van der Waals surface area contributed by atoms with Gasteiger partial charge in [-0.15, -0.1) is 0 Å². The van der Waals surface area contributed by atoms with Gasteiger partial charge in [-0.25, -0.2) is 23.5 Å². The first kappa shape index (κ1) is 41.2. The lowest BCUT2D eigenvalue weighted by atomic mass is 10.1. The van der Waals surface area contributed by atoms with Gasteiger partial charge in [0, 0.05) is 24.4 Å². The molecule has 21 heteroatoms. The smallest absolute Gasteiger partial charge is 0.368 e. The van der Waals surface area contributed by atoms with E-state index in [0.717, 1.165) is 5.56 Å². The molecule has 0 spiro atoms. The third kappa shape index (κ3) is 12.2. The number of aliphatic hydroxyl groups is 1. The van der Waals surface area contributed by atoms with Crippen molar-refractivity contribution in [1.29, 1.82) is 0 Å². The second-order valence-corrected chi connectivity index (χ2v) is 16.2. The third-order valence-corrected chi connectivity index (χ3v) is 11.8. The number of aryl methyl sites for hydroxylation is 1. The molecule has 0 aliphatic rings. The number of phosphoric ester groups is 2. The first-order chi connectivity index (χ1) is 24.0. The molecule has 0 saturated heterocycles. The third-order valence-electron chi connectivity index (χ3n) is 7.15. The number of phosphoric acid groups is 3. The summed E-state index contributed by atoms with van der Waals surface area (Å²) < 4.78 is 68.8. The van der Waals surface area contributed by atoms with Gasteiger partial charge >= 0.3 is 29.2 Å². The van der Waals surface area contributed by atoms with Gasteiger partial charge < -0.3 is 29.3 Å². The van der Waals surface area contributed by atoms with Crippen molar-refractivity contribution in [2.75, 3.05) is 13.2 Å². The van der Waals surface area contributed by atoms with E-state index in [4.69, 9.17) is 25.6 Å². The Kier molecular flexibility index (Phi) is 14.5. The van der Waals surface area contributed by atoms with E-state index in [-0.39, 0.29) is 19.4 Å². The van der Waals surface area contributed by atoms with Gasteiger partial charge in [0.2, 0.25) is 0 Å². The van der Waals surface area contributed by atoms with Crippen molar-refractivity contribution in [1.82, 2.24) is 14.0 Å². The molecule has 7 atom stereocenters. The van der Waals surface area contributed by atoms with E-state index in [0.29, 0.717) is 28.3 Å². The summed E-state index contributed by atoms with van der Waals surface area (Å²) in [6.45, 7) is 3.34. The Labute approximate surface area is 298 Å². The number of halogens is 1. The Morgan fingerprint density at radius 1 is 0.882 bits per heavy atom. The molecule has 0 saturated carbocycles. The molecule has 0 aliphatic heterocycles. The molecule has 4 N–H and O–H groups in total. The van der Waals surface area contributed by atoms with Crippen LogP contribution in [0.25, 0.3) is 16.9 Å². The van der Waals surface area contributed by atoms with E-state index >= 15 is 0 Å². The monoisotopic (exact) mass is 793 g/mol. The van der Waals surface area contributed by atoms with Crippen molar-refractivity contribution in [3.05, 3.63) is 94.1 Å². The maximum atomic E-state index is 13.5. The second-order valence-electron chi connectivity index (χ2n) is 11.1. The Morgan fingerprint density at radius 3 is 2.20 bits per heavy atom. The molecule has 280 valence electrons. The number of aromatic nitrogens is 3. The summed E-state index contributed by atoms with van der Waals surface area (Å²) in [5.74, 6) is 0. The summed E-state index contributed by atoms with van der Waals surface area (Å²) in [6, 6.07) is 17.8. The Bertz CT molecular complexity index is 1960. The fourth-order valence-corrected chi connectivity index (χ4v) is 8.55. The molecule has 4 aromatic rings.